The van der Waals surface area contributed by atoms with E-state index in [0.717, 1.165) is 0 Å². The quantitative estimate of drug-likeness (QED) is 0.417. The van der Waals surface area contributed by atoms with E-state index < -0.39 is 18.9 Å². The number of hydrogen-bond acceptors (Lipinski definition) is 8. The molecule has 0 aliphatic heterocycles. The molecule has 0 saturated carbocycles. The van der Waals surface area contributed by atoms with E-state index in [9.17, 15) is 18.3 Å². The Morgan fingerprint density at radius 1 is 1.06 bits per heavy atom. The maximum absolute atomic E-state index is 12.8. The number of methoxy groups -OCH3 is 2. The van der Waals surface area contributed by atoms with Gasteiger partial charge in [-0.3, -0.25) is 4.57 Å². The number of alkyl halides is 3. The highest BCUT2D eigenvalue weighted by molar-refractivity contribution is 5.87. The fourth-order valence-corrected chi connectivity index (χ4v) is 3.24. The molecule has 0 radical (unpaired) electrons. The summed E-state index contributed by atoms with van der Waals surface area (Å²) in [6.45, 7) is -1.24. The first kappa shape index (κ1) is 23.1. The minimum absolute atomic E-state index is 0.126. The summed E-state index contributed by atoms with van der Waals surface area (Å²) in [5, 5.41) is 20.0. The lowest BCUT2D eigenvalue weighted by Gasteiger charge is -2.18. The number of aliphatic hydroxyl groups excluding tert-OH is 1. The third-order valence-corrected chi connectivity index (χ3v) is 4.97. The fraction of sp³-hybridized carbons (Fsp3) is 0.227. The number of aliphatic hydroxyl groups is 1. The summed E-state index contributed by atoms with van der Waals surface area (Å²) in [6.07, 6.45) is -2.75. The summed E-state index contributed by atoms with van der Waals surface area (Å²) in [5.41, 5.74) is 2.06. The van der Waals surface area contributed by atoms with Gasteiger partial charge in [-0.25, -0.2) is 15.0 Å². The lowest BCUT2D eigenvalue weighted by atomic mass is 10.1. The van der Waals surface area contributed by atoms with Gasteiger partial charge in [-0.1, -0.05) is 0 Å². The zero-order valence-corrected chi connectivity index (χ0v) is 17.9. The molecule has 4 heterocycles. The molecule has 0 saturated heterocycles. The molecule has 0 amide bonds. The topological polar surface area (TPSA) is 112 Å². The molecule has 0 aromatic carbocycles. The van der Waals surface area contributed by atoms with Gasteiger partial charge in [-0.2, -0.15) is 13.2 Å². The van der Waals surface area contributed by atoms with Gasteiger partial charge in [0, 0.05) is 24.0 Å². The summed E-state index contributed by atoms with van der Waals surface area (Å²) in [6, 6.07) is 7.74. The Labute approximate surface area is 191 Å². The largest absolute Gasteiger partial charge is 0.494 e. The van der Waals surface area contributed by atoms with Gasteiger partial charge in [-0.15, -0.1) is 0 Å². The Morgan fingerprint density at radius 3 is 2.47 bits per heavy atom. The molecule has 4 rings (SSSR count). The van der Waals surface area contributed by atoms with Crippen LogP contribution in [0.5, 0.6) is 23.4 Å². The Bertz CT molecular complexity index is 1310. The second kappa shape index (κ2) is 9.06. The van der Waals surface area contributed by atoms with E-state index in [1.54, 1.807) is 30.6 Å². The van der Waals surface area contributed by atoms with Crippen molar-refractivity contribution in [1.82, 2.24) is 19.5 Å². The van der Waals surface area contributed by atoms with Gasteiger partial charge in [0.15, 0.2) is 5.75 Å². The van der Waals surface area contributed by atoms with Gasteiger partial charge in [0.2, 0.25) is 17.9 Å². The van der Waals surface area contributed by atoms with Crippen LogP contribution in [0.3, 0.4) is 0 Å². The van der Waals surface area contributed by atoms with Crippen molar-refractivity contribution in [3.8, 4) is 40.3 Å². The van der Waals surface area contributed by atoms with Crippen molar-refractivity contribution >= 4 is 10.9 Å². The monoisotopic (exact) mass is 476 g/mol. The third-order valence-electron chi connectivity index (χ3n) is 4.97. The van der Waals surface area contributed by atoms with Crippen molar-refractivity contribution < 1.29 is 37.6 Å². The molecule has 1 atom stereocenters. The molecule has 1 unspecified atom stereocenters. The predicted octanol–water partition coefficient (Wildman–Crippen LogP) is 3.51. The second-order valence-corrected chi connectivity index (χ2v) is 7.07. The molecular weight excluding hydrogens is 457 g/mol. The minimum atomic E-state index is -4.74. The number of ether oxygens (including phenoxy) is 3. The second-order valence-electron chi connectivity index (χ2n) is 7.07. The van der Waals surface area contributed by atoms with Gasteiger partial charge in [0.05, 0.1) is 49.3 Å². The van der Waals surface area contributed by atoms with Crippen molar-refractivity contribution in [2.75, 3.05) is 20.8 Å². The molecule has 0 spiro atoms. The van der Waals surface area contributed by atoms with Crippen molar-refractivity contribution in [3.05, 3.63) is 48.9 Å². The molecule has 4 aromatic heterocycles. The van der Waals surface area contributed by atoms with Crippen LogP contribution in [0.1, 0.15) is 0 Å². The van der Waals surface area contributed by atoms with E-state index >= 15 is 0 Å². The molecule has 2 N–H and O–H groups in total. The Hall–Kier alpha value is -4.06. The van der Waals surface area contributed by atoms with Crippen molar-refractivity contribution in [1.29, 1.82) is 0 Å². The maximum Gasteiger partial charge on any atom is 0.427 e. The number of nitrogens with zero attached hydrogens (tertiary/aromatic N) is 4. The number of hydrogen-bond donors (Lipinski definition) is 2. The van der Waals surface area contributed by atoms with Crippen LogP contribution in [0.15, 0.2) is 48.9 Å². The van der Waals surface area contributed by atoms with Crippen LogP contribution in [0, 0.1) is 0 Å². The first-order valence-electron chi connectivity index (χ1n) is 9.85. The van der Waals surface area contributed by atoms with Crippen LogP contribution >= 0.6 is 0 Å². The van der Waals surface area contributed by atoms with Gasteiger partial charge in [0.1, 0.15) is 0 Å². The number of halogens is 3. The SMILES string of the molecule is COc1cc(-c2ccc3c(O)n(-c4ccc(OC(CO)C(F)(F)F)nc4)cc3n2)cnc1OC. The lowest BCUT2D eigenvalue weighted by Crippen LogP contribution is -2.37. The molecule has 0 bridgehead atoms. The van der Waals surface area contributed by atoms with Gasteiger partial charge >= 0.3 is 6.18 Å². The summed E-state index contributed by atoms with van der Waals surface area (Å²) in [5.74, 6) is 0.317. The highest BCUT2D eigenvalue weighted by Gasteiger charge is 2.41. The molecule has 12 heteroatoms. The molecule has 34 heavy (non-hydrogen) atoms. The van der Waals surface area contributed by atoms with E-state index in [1.807, 2.05) is 0 Å². The number of fused-ring (bicyclic) bond motifs is 1. The van der Waals surface area contributed by atoms with E-state index in [0.29, 0.717) is 39.5 Å². The first-order valence-corrected chi connectivity index (χ1v) is 9.85. The molecular formula is C22H19F3N4O5. The van der Waals surface area contributed by atoms with Gasteiger partial charge in [0.25, 0.3) is 5.88 Å². The molecule has 0 fully saturated rings. The Morgan fingerprint density at radius 2 is 1.85 bits per heavy atom. The molecule has 178 valence electrons. The van der Waals surface area contributed by atoms with Crippen molar-refractivity contribution in [2.24, 2.45) is 0 Å². The van der Waals surface area contributed by atoms with Crippen molar-refractivity contribution in [3.63, 3.8) is 0 Å². The van der Waals surface area contributed by atoms with Crippen LogP contribution in [-0.4, -0.2) is 62.8 Å². The number of aromatic nitrogens is 4. The van der Waals surface area contributed by atoms with Gasteiger partial charge < -0.3 is 24.4 Å². The molecule has 4 aromatic rings. The smallest absolute Gasteiger partial charge is 0.427 e. The van der Waals surface area contributed by atoms with E-state index in [1.165, 1.54) is 37.1 Å². The van der Waals surface area contributed by atoms with E-state index in [2.05, 4.69) is 15.0 Å². The Balaban J connectivity index is 1.64. The normalized spacial score (nSPS) is 12.5. The third kappa shape index (κ3) is 4.39. The molecule has 9 nitrogen and oxygen atoms in total. The van der Waals surface area contributed by atoms with E-state index in [4.69, 9.17) is 19.3 Å². The summed E-state index contributed by atoms with van der Waals surface area (Å²) < 4.78 is 54.9. The van der Waals surface area contributed by atoms with E-state index in [-0.39, 0.29) is 11.8 Å². The maximum atomic E-state index is 12.8. The summed E-state index contributed by atoms with van der Waals surface area (Å²) in [4.78, 5) is 12.6. The number of pyridine rings is 3. The zero-order valence-electron chi connectivity index (χ0n) is 17.9. The van der Waals surface area contributed by atoms with Crippen molar-refractivity contribution in [2.45, 2.75) is 12.3 Å². The van der Waals surface area contributed by atoms with Crippen LogP contribution in [0.25, 0.3) is 27.8 Å². The minimum Gasteiger partial charge on any atom is -0.494 e. The highest BCUT2D eigenvalue weighted by atomic mass is 19.4. The van der Waals surface area contributed by atoms with Crippen LogP contribution in [0.4, 0.5) is 13.2 Å². The van der Waals surface area contributed by atoms with Crippen LogP contribution in [-0.2, 0) is 0 Å². The van der Waals surface area contributed by atoms with Gasteiger partial charge in [-0.05, 0) is 24.3 Å². The average molecular weight is 476 g/mol. The summed E-state index contributed by atoms with van der Waals surface area (Å²) in [7, 11) is 2.98. The lowest BCUT2D eigenvalue weighted by molar-refractivity contribution is -0.204. The average Bonchev–Trinajstić information content (AvgIpc) is 3.17. The standard InChI is InChI=1S/C22H19F3N4O5/c1-32-17-7-12(8-27-20(17)33-2)15-5-4-14-16(28-15)10-29(21(14)31)13-3-6-19(26-9-13)34-18(11-30)22(23,24)25/h3-10,18,30-31H,11H2,1-2H3. The first-order chi connectivity index (χ1) is 16.2. The Kier molecular flexibility index (Phi) is 6.16. The van der Waals surface area contributed by atoms with Crippen LogP contribution in [0.2, 0.25) is 0 Å². The van der Waals surface area contributed by atoms with Crippen LogP contribution < -0.4 is 14.2 Å². The molecule has 0 aliphatic carbocycles. The fourth-order valence-electron chi connectivity index (χ4n) is 3.24. The summed E-state index contributed by atoms with van der Waals surface area (Å²) >= 11 is 0. The number of aromatic hydroxyl groups is 1. The highest BCUT2D eigenvalue weighted by Crippen LogP contribution is 2.33. The zero-order chi connectivity index (χ0) is 24.5. The molecule has 0 aliphatic rings. The number of rotatable bonds is 7. The predicted molar refractivity (Wildman–Crippen MR) is 114 cm³/mol.